The lowest BCUT2D eigenvalue weighted by Crippen LogP contribution is -2.19. The summed E-state index contributed by atoms with van der Waals surface area (Å²) in [5, 5.41) is 12.0. The monoisotopic (exact) mass is 467 g/mol. The molecule has 0 spiro atoms. The highest BCUT2D eigenvalue weighted by Crippen LogP contribution is 2.44. The van der Waals surface area contributed by atoms with E-state index in [0.717, 1.165) is 22.3 Å². The molecule has 152 valence electrons. The van der Waals surface area contributed by atoms with E-state index in [0.29, 0.717) is 10.2 Å². The van der Waals surface area contributed by atoms with Gasteiger partial charge < -0.3 is 14.6 Å². The summed E-state index contributed by atoms with van der Waals surface area (Å²) < 4.78 is 11.1. The van der Waals surface area contributed by atoms with Gasteiger partial charge in [0.2, 0.25) is 0 Å². The van der Waals surface area contributed by atoms with Gasteiger partial charge >= 0.3 is 12.1 Å². The van der Waals surface area contributed by atoms with E-state index in [1.54, 1.807) is 0 Å². The van der Waals surface area contributed by atoms with E-state index in [9.17, 15) is 14.7 Å². The zero-order valence-electron chi connectivity index (χ0n) is 16.0. The largest absolute Gasteiger partial charge is 0.496 e. The molecule has 0 atom stereocenters. The molecule has 0 fully saturated rings. The summed E-state index contributed by atoms with van der Waals surface area (Å²) >= 11 is 3.30. The van der Waals surface area contributed by atoms with Gasteiger partial charge in [0, 0.05) is 5.92 Å². The van der Waals surface area contributed by atoms with E-state index < -0.39 is 12.1 Å². The molecule has 1 amide bonds. The van der Waals surface area contributed by atoms with Crippen molar-refractivity contribution in [1.29, 1.82) is 0 Å². The quantitative estimate of drug-likeness (QED) is 0.516. The van der Waals surface area contributed by atoms with Gasteiger partial charge in [0.1, 0.15) is 12.4 Å². The molecule has 2 N–H and O–H groups in total. The Morgan fingerprint density at radius 3 is 2.20 bits per heavy atom. The summed E-state index contributed by atoms with van der Waals surface area (Å²) in [6.45, 7) is 0.138. The number of rotatable bonds is 5. The van der Waals surface area contributed by atoms with Gasteiger partial charge in [-0.3, -0.25) is 5.32 Å². The number of anilines is 1. The minimum atomic E-state index is -1.19. The molecule has 1 aliphatic carbocycles. The fraction of sp³-hybridized carbons (Fsp3) is 0.130. The Kier molecular flexibility index (Phi) is 5.46. The minimum Gasteiger partial charge on any atom is -0.496 e. The highest BCUT2D eigenvalue weighted by molar-refractivity contribution is 9.10. The van der Waals surface area contributed by atoms with Gasteiger partial charge in [-0.15, -0.1) is 0 Å². The predicted molar refractivity (Wildman–Crippen MR) is 116 cm³/mol. The van der Waals surface area contributed by atoms with Gasteiger partial charge in [-0.2, -0.15) is 0 Å². The molecule has 0 unspecified atom stereocenters. The van der Waals surface area contributed by atoms with Crippen molar-refractivity contribution in [2.24, 2.45) is 0 Å². The second-order valence-corrected chi connectivity index (χ2v) is 7.64. The molecule has 0 bridgehead atoms. The lowest BCUT2D eigenvalue weighted by atomic mass is 9.98. The van der Waals surface area contributed by atoms with E-state index in [4.69, 9.17) is 9.47 Å². The molecule has 3 aromatic carbocycles. The number of carboxylic acids is 1. The van der Waals surface area contributed by atoms with Crippen LogP contribution in [0.3, 0.4) is 0 Å². The van der Waals surface area contributed by atoms with Crippen LogP contribution in [0.1, 0.15) is 27.4 Å². The third kappa shape index (κ3) is 3.64. The fourth-order valence-electron chi connectivity index (χ4n) is 3.73. The van der Waals surface area contributed by atoms with E-state index in [1.807, 2.05) is 36.4 Å². The third-order valence-electron chi connectivity index (χ3n) is 5.10. The molecule has 0 saturated carbocycles. The van der Waals surface area contributed by atoms with Crippen LogP contribution in [0.5, 0.6) is 5.75 Å². The average Bonchev–Trinajstić information content (AvgIpc) is 3.06. The Balaban J connectivity index is 1.53. The Labute approximate surface area is 181 Å². The summed E-state index contributed by atoms with van der Waals surface area (Å²) in [5.41, 5.74) is 4.49. The number of methoxy groups -OCH3 is 1. The normalized spacial score (nSPS) is 12.1. The molecule has 1 aliphatic rings. The van der Waals surface area contributed by atoms with Gasteiger partial charge in [0.05, 0.1) is 22.8 Å². The zero-order chi connectivity index (χ0) is 21.3. The van der Waals surface area contributed by atoms with E-state index in [1.165, 1.54) is 19.2 Å². The summed E-state index contributed by atoms with van der Waals surface area (Å²) in [7, 11) is 1.43. The second-order valence-electron chi connectivity index (χ2n) is 6.79. The summed E-state index contributed by atoms with van der Waals surface area (Å²) in [6.07, 6.45) is -0.726. The molecular formula is C23H18BrNO5. The number of aromatic carboxylic acids is 1. The van der Waals surface area contributed by atoms with Gasteiger partial charge in [-0.1, -0.05) is 48.5 Å². The third-order valence-corrected chi connectivity index (χ3v) is 5.72. The van der Waals surface area contributed by atoms with E-state index in [-0.39, 0.29) is 23.8 Å². The van der Waals surface area contributed by atoms with Crippen molar-refractivity contribution in [2.45, 2.75) is 5.92 Å². The van der Waals surface area contributed by atoms with Gasteiger partial charge in [-0.25, -0.2) is 9.59 Å². The molecular weight excluding hydrogens is 450 g/mol. The van der Waals surface area contributed by atoms with Crippen molar-refractivity contribution in [3.63, 3.8) is 0 Å². The van der Waals surface area contributed by atoms with Crippen LogP contribution < -0.4 is 10.1 Å². The lowest BCUT2D eigenvalue weighted by molar-refractivity contribution is 0.0697. The number of ether oxygens (including phenoxy) is 2. The van der Waals surface area contributed by atoms with Crippen molar-refractivity contribution in [3.8, 4) is 16.9 Å². The Hall–Kier alpha value is -3.32. The first-order valence-electron chi connectivity index (χ1n) is 9.22. The molecule has 0 saturated heterocycles. The first kappa shape index (κ1) is 20.0. The molecule has 0 aliphatic heterocycles. The number of nitrogens with one attached hydrogen (secondary N) is 1. The molecule has 0 radical (unpaired) electrons. The minimum absolute atomic E-state index is 0.0790. The number of carbonyl (C=O) groups is 2. The van der Waals surface area contributed by atoms with Crippen molar-refractivity contribution in [3.05, 3.63) is 81.8 Å². The highest BCUT2D eigenvalue weighted by Gasteiger charge is 2.29. The van der Waals surface area contributed by atoms with Gasteiger partial charge in [0.15, 0.2) is 0 Å². The SMILES string of the molecule is COc1cc(C(=O)O)c(NC(=O)OCC2c3ccccc3-c3ccccc32)cc1Br. The lowest BCUT2D eigenvalue weighted by Gasteiger charge is -2.16. The molecule has 0 aromatic heterocycles. The molecule has 30 heavy (non-hydrogen) atoms. The molecule has 3 aromatic rings. The Morgan fingerprint density at radius 2 is 1.63 bits per heavy atom. The molecule has 0 heterocycles. The first-order valence-corrected chi connectivity index (χ1v) is 10.0. The second kappa shape index (κ2) is 8.20. The van der Waals surface area contributed by atoms with Crippen LogP contribution in [0.25, 0.3) is 11.1 Å². The molecule has 6 nitrogen and oxygen atoms in total. The molecule has 7 heteroatoms. The summed E-state index contributed by atoms with van der Waals surface area (Å²) in [4.78, 5) is 24.0. The van der Waals surface area contributed by atoms with E-state index in [2.05, 4.69) is 33.4 Å². The number of hydrogen-bond acceptors (Lipinski definition) is 4. The van der Waals surface area contributed by atoms with Crippen LogP contribution in [0.15, 0.2) is 65.1 Å². The van der Waals surface area contributed by atoms with Crippen LogP contribution in [0.2, 0.25) is 0 Å². The first-order chi connectivity index (χ1) is 14.5. The van der Waals surface area contributed by atoms with Crippen LogP contribution in [0.4, 0.5) is 10.5 Å². The van der Waals surface area contributed by atoms with Crippen molar-refractivity contribution >= 4 is 33.7 Å². The standard InChI is InChI=1S/C23H18BrNO5/c1-29-21-10-17(22(26)27)20(11-19(21)24)25-23(28)30-12-18-15-8-4-2-6-13(15)14-7-3-5-9-16(14)18/h2-11,18H,12H2,1H3,(H,25,28)(H,26,27). The number of hydrogen-bond donors (Lipinski definition) is 2. The Bertz CT molecular complexity index is 1100. The Morgan fingerprint density at radius 1 is 1.03 bits per heavy atom. The van der Waals surface area contributed by atoms with Crippen LogP contribution in [-0.2, 0) is 4.74 Å². The van der Waals surface area contributed by atoms with Crippen molar-refractivity contribution in [1.82, 2.24) is 0 Å². The summed E-state index contributed by atoms with van der Waals surface area (Å²) in [5.74, 6) is -0.912. The van der Waals surface area contributed by atoms with Crippen molar-refractivity contribution in [2.75, 3.05) is 19.0 Å². The van der Waals surface area contributed by atoms with Gasteiger partial charge in [-0.05, 0) is 50.3 Å². The smallest absolute Gasteiger partial charge is 0.411 e. The molecule has 4 rings (SSSR count). The topological polar surface area (TPSA) is 84.9 Å². The number of amides is 1. The van der Waals surface area contributed by atoms with Crippen LogP contribution >= 0.6 is 15.9 Å². The number of carboxylic acid groups (broad SMARTS) is 1. The number of carbonyl (C=O) groups excluding carboxylic acids is 1. The number of halogens is 1. The maximum Gasteiger partial charge on any atom is 0.411 e. The van der Waals surface area contributed by atoms with Crippen LogP contribution in [-0.4, -0.2) is 30.9 Å². The van der Waals surface area contributed by atoms with Gasteiger partial charge in [0.25, 0.3) is 0 Å². The summed E-state index contributed by atoms with van der Waals surface area (Å²) in [6, 6.07) is 18.9. The highest BCUT2D eigenvalue weighted by atomic mass is 79.9. The maximum absolute atomic E-state index is 12.5. The number of fused-ring (bicyclic) bond motifs is 3. The zero-order valence-corrected chi connectivity index (χ0v) is 17.6. The number of benzene rings is 3. The van der Waals surface area contributed by atoms with E-state index >= 15 is 0 Å². The maximum atomic E-state index is 12.5. The van der Waals surface area contributed by atoms with Crippen molar-refractivity contribution < 1.29 is 24.2 Å². The predicted octanol–water partition coefficient (Wildman–Crippen LogP) is 5.52. The fourth-order valence-corrected chi connectivity index (χ4v) is 4.24. The average molecular weight is 468 g/mol. The van der Waals surface area contributed by atoms with Crippen LogP contribution in [0, 0.1) is 0 Å².